The predicted octanol–water partition coefficient (Wildman–Crippen LogP) is 1.21. The summed E-state index contributed by atoms with van der Waals surface area (Å²) >= 11 is 0. The SMILES string of the molecule is CCN1CCCC1CNC(=O)c1cc(NS(C)(=O)=O)cc2c1OCC2. The third-order valence-electron chi connectivity index (χ3n) is 4.74. The van der Waals surface area contributed by atoms with Gasteiger partial charge in [0, 0.05) is 30.3 Å². The molecule has 0 bridgehead atoms. The molecule has 0 aromatic heterocycles. The van der Waals surface area contributed by atoms with Crippen LogP contribution < -0.4 is 14.8 Å². The van der Waals surface area contributed by atoms with E-state index in [9.17, 15) is 13.2 Å². The zero-order chi connectivity index (χ0) is 18.0. The first kappa shape index (κ1) is 18.0. The van der Waals surface area contributed by atoms with Crippen LogP contribution in [0.4, 0.5) is 5.69 Å². The van der Waals surface area contributed by atoms with Crippen LogP contribution in [0.5, 0.6) is 5.75 Å². The number of amides is 1. The lowest BCUT2D eigenvalue weighted by atomic mass is 10.1. The van der Waals surface area contributed by atoms with Crippen molar-refractivity contribution in [3.8, 4) is 5.75 Å². The zero-order valence-electron chi connectivity index (χ0n) is 14.7. The monoisotopic (exact) mass is 367 g/mol. The van der Waals surface area contributed by atoms with E-state index in [0.29, 0.717) is 42.6 Å². The maximum absolute atomic E-state index is 12.7. The molecule has 1 saturated heterocycles. The number of sulfonamides is 1. The Bertz CT molecular complexity index is 763. The van der Waals surface area contributed by atoms with Crippen LogP contribution in [0.1, 0.15) is 35.7 Å². The minimum atomic E-state index is -3.40. The number of hydrogen-bond acceptors (Lipinski definition) is 5. The van der Waals surface area contributed by atoms with E-state index in [0.717, 1.165) is 37.8 Å². The fourth-order valence-corrected chi connectivity index (χ4v) is 4.14. The van der Waals surface area contributed by atoms with Gasteiger partial charge in [-0.25, -0.2) is 8.42 Å². The Balaban J connectivity index is 1.77. The molecule has 7 nitrogen and oxygen atoms in total. The van der Waals surface area contributed by atoms with Crippen molar-refractivity contribution in [3.05, 3.63) is 23.3 Å². The van der Waals surface area contributed by atoms with Crippen LogP contribution >= 0.6 is 0 Å². The molecule has 2 N–H and O–H groups in total. The van der Waals surface area contributed by atoms with Crippen LogP contribution in [0.25, 0.3) is 0 Å². The fraction of sp³-hybridized carbons (Fsp3) is 0.588. The Morgan fingerprint density at radius 1 is 1.40 bits per heavy atom. The van der Waals surface area contributed by atoms with Gasteiger partial charge in [-0.05, 0) is 38.1 Å². The van der Waals surface area contributed by atoms with Gasteiger partial charge < -0.3 is 10.1 Å². The number of likely N-dealkylation sites (tertiary alicyclic amines) is 1. The minimum Gasteiger partial charge on any atom is -0.492 e. The van der Waals surface area contributed by atoms with Gasteiger partial charge in [0.1, 0.15) is 5.75 Å². The smallest absolute Gasteiger partial charge is 0.255 e. The van der Waals surface area contributed by atoms with Gasteiger partial charge in [-0.15, -0.1) is 0 Å². The van der Waals surface area contributed by atoms with Gasteiger partial charge in [0.15, 0.2) is 0 Å². The van der Waals surface area contributed by atoms with E-state index >= 15 is 0 Å². The molecular formula is C17H25N3O4S. The van der Waals surface area contributed by atoms with Crippen molar-refractivity contribution in [2.45, 2.75) is 32.2 Å². The van der Waals surface area contributed by atoms with E-state index in [2.05, 4.69) is 21.9 Å². The Kier molecular flexibility index (Phi) is 5.19. The van der Waals surface area contributed by atoms with Crippen molar-refractivity contribution >= 4 is 21.6 Å². The highest BCUT2D eigenvalue weighted by Crippen LogP contribution is 2.33. The number of benzene rings is 1. The number of carbonyl (C=O) groups excluding carboxylic acids is 1. The number of likely N-dealkylation sites (N-methyl/N-ethyl adjacent to an activating group) is 1. The summed E-state index contributed by atoms with van der Waals surface area (Å²) in [6.45, 7) is 5.27. The van der Waals surface area contributed by atoms with Crippen molar-refractivity contribution in [1.29, 1.82) is 0 Å². The van der Waals surface area contributed by atoms with Gasteiger partial charge in [0.25, 0.3) is 5.91 Å². The Hall–Kier alpha value is -1.80. The number of carbonyl (C=O) groups is 1. The number of nitrogens with one attached hydrogen (secondary N) is 2. The molecule has 0 saturated carbocycles. The first-order chi connectivity index (χ1) is 11.9. The molecule has 2 aliphatic rings. The number of fused-ring (bicyclic) bond motifs is 1. The topological polar surface area (TPSA) is 87.7 Å². The average Bonchev–Trinajstić information content (AvgIpc) is 3.18. The summed E-state index contributed by atoms with van der Waals surface area (Å²) in [5, 5.41) is 2.99. The van der Waals surface area contributed by atoms with E-state index in [4.69, 9.17) is 4.74 Å². The van der Waals surface area contributed by atoms with Crippen LogP contribution in [-0.2, 0) is 16.4 Å². The molecule has 3 rings (SSSR count). The van der Waals surface area contributed by atoms with E-state index in [1.807, 2.05) is 0 Å². The average molecular weight is 367 g/mol. The van der Waals surface area contributed by atoms with Crippen molar-refractivity contribution in [2.24, 2.45) is 0 Å². The summed E-state index contributed by atoms with van der Waals surface area (Å²) in [5.41, 5.74) is 1.64. The second-order valence-electron chi connectivity index (χ2n) is 6.62. The Morgan fingerprint density at radius 3 is 2.92 bits per heavy atom. The van der Waals surface area contributed by atoms with Crippen molar-refractivity contribution < 1.29 is 17.9 Å². The second-order valence-corrected chi connectivity index (χ2v) is 8.37. The van der Waals surface area contributed by atoms with Crippen LogP contribution in [0, 0.1) is 0 Å². The third-order valence-corrected chi connectivity index (χ3v) is 5.34. The highest BCUT2D eigenvalue weighted by Gasteiger charge is 2.26. The molecule has 0 radical (unpaired) electrons. The van der Waals surface area contributed by atoms with Crippen LogP contribution in [0.15, 0.2) is 12.1 Å². The second kappa shape index (κ2) is 7.21. The molecule has 1 aromatic rings. The van der Waals surface area contributed by atoms with Gasteiger partial charge in [-0.1, -0.05) is 6.92 Å². The van der Waals surface area contributed by atoms with Crippen LogP contribution in [0.3, 0.4) is 0 Å². The fourth-order valence-electron chi connectivity index (χ4n) is 3.60. The van der Waals surface area contributed by atoms with Crippen molar-refractivity contribution in [1.82, 2.24) is 10.2 Å². The normalized spacial score (nSPS) is 20.2. The maximum Gasteiger partial charge on any atom is 0.255 e. The maximum atomic E-state index is 12.7. The highest BCUT2D eigenvalue weighted by molar-refractivity contribution is 7.92. The molecule has 0 spiro atoms. The van der Waals surface area contributed by atoms with Gasteiger partial charge in [0.2, 0.25) is 10.0 Å². The lowest BCUT2D eigenvalue weighted by molar-refractivity contribution is 0.0938. The molecular weight excluding hydrogens is 342 g/mol. The van der Waals surface area contributed by atoms with Gasteiger partial charge >= 0.3 is 0 Å². The number of rotatable bonds is 6. The third kappa shape index (κ3) is 4.24. The molecule has 8 heteroatoms. The van der Waals surface area contributed by atoms with E-state index < -0.39 is 10.0 Å². The summed E-state index contributed by atoms with van der Waals surface area (Å²) in [7, 11) is -3.40. The van der Waals surface area contributed by atoms with E-state index in [1.165, 1.54) is 0 Å². The zero-order valence-corrected chi connectivity index (χ0v) is 15.5. The molecule has 2 aliphatic heterocycles. The molecule has 138 valence electrons. The molecule has 1 atom stereocenters. The summed E-state index contributed by atoms with van der Waals surface area (Å²) in [5.74, 6) is 0.341. The lowest BCUT2D eigenvalue weighted by Gasteiger charge is -2.23. The standard InChI is InChI=1S/C17H25N3O4S/c1-3-20-7-4-5-14(20)11-18-17(21)15-10-13(19-25(2,22)23)9-12-6-8-24-16(12)15/h9-10,14,19H,3-8,11H2,1-2H3,(H,18,21). The van der Waals surface area contributed by atoms with Crippen molar-refractivity contribution in [2.75, 3.05) is 37.2 Å². The van der Waals surface area contributed by atoms with Crippen LogP contribution in [0.2, 0.25) is 0 Å². The first-order valence-electron chi connectivity index (χ1n) is 8.67. The lowest BCUT2D eigenvalue weighted by Crippen LogP contribution is -2.40. The predicted molar refractivity (Wildman–Crippen MR) is 96.7 cm³/mol. The van der Waals surface area contributed by atoms with Crippen molar-refractivity contribution in [3.63, 3.8) is 0 Å². The van der Waals surface area contributed by atoms with Gasteiger partial charge in [0.05, 0.1) is 18.4 Å². The first-order valence-corrected chi connectivity index (χ1v) is 10.6. The summed E-state index contributed by atoms with van der Waals surface area (Å²) < 4.78 is 31.1. The number of anilines is 1. The quantitative estimate of drug-likeness (QED) is 0.789. The summed E-state index contributed by atoms with van der Waals surface area (Å²) in [6, 6.07) is 3.64. The number of nitrogens with zero attached hydrogens (tertiary/aromatic N) is 1. The number of hydrogen-bond donors (Lipinski definition) is 2. The molecule has 25 heavy (non-hydrogen) atoms. The molecule has 1 amide bonds. The molecule has 1 unspecified atom stereocenters. The minimum absolute atomic E-state index is 0.224. The summed E-state index contributed by atoms with van der Waals surface area (Å²) in [6.07, 6.45) is 4.00. The van der Waals surface area contributed by atoms with Crippen LogP contribution in [-0.4, -0.2) is 57.8 Å². The molecule has 1 aromatic carbocycles. The Labute approximate surface area is 148 Å². The van der Waals surface area contributed by atoms with Gasteiger partial charge in [-0.3, -0.25) is 14.4 Å². The Morgan fingerprint density at radius 2 is 2.20 bits per heavy atom. The molecule has 2 heterocycles. The van der Waals surface area contributed by atoms with E-state index in [1.54, 1.807) is 12.1 Å². The largest absolute Gasteiger partial charge is 0.492 e. The number of ether oxygens (including phenoxy) is 1. The summed E-state index contributed by atoms with van der Waals surface area (Å²) in [4.78, 5) is 15.1. The molecule has 0 aliphatic carbocycles. The molecule has 1 fully saturated rings. The van der Waals surface area contributed by atoms with E-state index in [-0.39, 0.29) is 5.91 Å². The van der Waals surface area contributed by atoms with Gasteiger partial charge in [-0.2, -0.15) is 0 Å². The highest BCUT2D eigenvalue weighted by atomic mass is 32.2.